The third kappa shape index (κ3) is 4.83. The van der Waals surface area contributed by atoms with Crippen molar-refractivity contribution in [1.82, 2.24) is 30.4 Å². The van der Waals surface area contributed by atoms with Crippen LogP contribution in [0.1, 0.15) is 35.6 Å². The summed E-state index contributed by atoms with van der Waals surface area (Å²) in [5.41, 5.74) is 2.98. The fourth-order valence-electron chi connectivity index (χ4n) is 4.59. The molecule has 3 aromatic rings. The van der Waals surface area contributed by atoms with Crippen molar-refractivity contribution in [3.63, 3.8) is 0 Å². The van der Waals surface area contributed by atoms with Crippen LogP contribution in [-0.2, 0) is 9.59 Å². The minimum Gasteiger partial charge on any atom is -0.354 e. The van der Waals surface area contributed by atoms with E-state index in [0.717, 1.165) is 29.7 Å². The molecule has 2 aliphatic rings. The Balaban J connectivity index is 1.26. The van der Waals surface area contributed by atoms with E-state index < -0.39 is 11.7 Å². The fourth-order valence-corrected chi connectivity index (χ4v) is 4.73. The predicted molar refractivity (Wildman–Crippen MR) is 133 cm³/mol. The molecular weight excluding hydrogens is 487 g/mol. The maximum Gasteiger partial charge on any atom is 0.236 e. The van der Waals surface area contributed by atoms with E-state index >= 15 is 4.39 Å². The molecule has 5 rings (SSSR count). The van der Waals surface area contributed by atoms with Gasteiger partial charge in [-0.15, -0.1) is 0 Å². The summed E-state index contributed by atoms with van der Waals surface area (Å²) in [5.74, 6) is -0.0775. The Bertz CT molecular complexity index is 1320. The number of aryl methyl sites for hydroxylation is 2. The van der Waals surface area contributed by atoms with Crippen LogP contribution in [0, 0.1) is 25.6 Å². The molecular formula is C24H26ClFN8O2. The number of piperidine rings is 1. The SMILES string of the molecule is Cc1cc(Nc2nc(Nc3cc(C)c(C4CCN(C(=O)C5CNC5=O)CC4)cc3F)ncc2Cl)n[nH]1. The Hall–Kier alpha value is -3.73. The van der Waals surface area contributed by atoms with Gasteiger partial charge in [0.05, 0.1) is 11.9 Å². The molecule has 2 aromatic heterocycles. The van der Waals surface area contributed by atoms with Gasteiger partial charge in [0.25, 0.3) is 0 Å². The normalized spacial score (nSPS) is 17.9. The van der Waals surface area contributed by atoms with Crippen molar-refractivity contribution >= 4 is 46.7 Å². The molecule has 36 heavy (non-hydrogen) atoms. The summed E-state index contributed by atoms with van der Waals surface area (Å²) in [5, 5.41) is 15.8. The monoisotopic (exact) mass is 512 g/mol. The zero-order valence-electron chi connectivity index (χ0n) is 19.9. The number of nitrogens with one attached hydrogen (secondary N) is 4. The molecule has 188 valence electrons. The van der Waals surface area contributed by atoms with Crippen LogP contribution < -0.4 is 16.0 Å². The Morgan fingerprint density at radius 1 is 1.19 bits per heavy atom. The number of rotatable bonds is 6. The summed E-state index contributed by atoms with van der Waals surface area (Å²) in [6, 6.07) is 5.08. The van der Waals surface area contributed by atoms with Gasteiger partial charge >= 0.3 is 0 Å². The number of hydrogen-bond acceptors (Lipinski definition) is 7. The van der Waals surface area contributed by atoms with Crippen molar-refractivity contribution in [3.8, 4) is 0 Å². The lowest BCUT2D eigenvalue weighted by Gasteiger charge is -2.36. The maximum atomic E-state index is 15.1. The number of H-pyrrole nitrogens is 1. The lowest BCUT2D eigenvalue weighted by molar-refractivity contribution is -0.147. The highest BCUT2D eigenvalue weighted by atomic mass is 35.5. The largest absolute Gasteiger partial charge is 0.354 e. The van der Waals surface area contributed by atoms with Crippen LogP contribution in [0.2, 0.25) is 5.02 Å². The van der Waals surface area contributed by atoms with Crippen LogP contribution in [0.15, 0.2) is 24.4 Å². The summed E-state index contributed by atoms with van der Waals surface area (Å²) in [6.45, 7) is 5.33. The van der Waals surface area contributed by atoms with Gasteiger partial charge in [0.15, 0.2) is 11.6 Å². The first-order valence-electron chi connectivity index (χ1n) is 11.7. The Morgan fingerprint density at radius 2 is 1.97 bits per heavy atom. The molecule has 0 radical (unpaired) electrons. The van der Waals surface area contributed by atoms with Crippen molar-refractivity contribution in [1.29, 1.82) is 0 Å². The fraction of sp³-hybridized carbons (Fsp3) is 0.375. The summed E-state index contributed by atoms with van der Waals surface area (Å²) in [4.78, 5) is 34.3. The second kappa shape index (κ2) is 9.73. The van der Waals surface area contributed by atoms with Gasteiger partial charge in [-0.2, -0.15) is 10.1 Å². The van der Waals surface area contributed by atoms with Crippen LogP contribution in [0.25, 0.3) is 0 Å². The molecule has 0 spiro atoms. The average Bonchev–Trinajstić information content (AvgIpc) is 3.26. The second-order valence-corrected chi connectivity index (χ2v) is 9.57. The number of likely N-dealkylation sites (tertiary alicyclic amines) is 1. The first-order chi connectivity index (χ1) is 17.3. The smallest absolute Gasteiger partial charge is 0.236 e. The Labute approximate surface area is 212 Å². The summed E-state index contributed by atoms with van der Waals surface area (Å²) < 4.78 is 15.1. The van der Waals surface area contributed by atoms with Crippen LogP contribution in [0.3, 0.4) is 0 Å². The van der Waals surface area contributed by atoms with E-state index in [1.807, 2.05) is 13.8 Å². The number of aromatic amines is 1. The second-order valence-electron chi connectivity index (χ2n) is 9.16. The molecule has 0 bridgehead atoms. The van der Waals surface area contributed by atoms with Crippen molar-refractivity contribution in [2.24, 2.45) is 5.92 Å². The molecule has 0 saturated carbocycles. The van der Waals surface area contributed by atoms with Gasteiger partial charge in [-0.3, -0.25) is 14.7 Å². The van der Waals surface area contributed by atoms with Crippen LogP contribution >= 0.6 is 11.6 Å². The highest BCUT2D eigenvalue weighted by Crippen LogP contribution is 2.34. The van der Waals surface area contributed by atoms with E-state index in [-0.39, 0.29) is 29.4 Å². The van der Waals surface area contributed by atoms with Gasteiger partial charge in [0.1, 0.15) is 16.8 Å². The molecule has 1 atom stereocenters. The summed E-state index contributed by atoms with van der Waals surface area (Å²) in [7, 11) is 0. The maximum absolute atomic E-state index is 15.1. The number of aromatic nitrogens is 4. The molecule has 1 unspecified atom stereocenters. The van der Waals surface area contributed by atoms with Crippen molar-refractivity contribution in [3.05, 3.63) is 52.1 Å². The molecule has 10 nitrogen and oxygen atoms in total. The number of carbonyl (C=O) groups is 2. The van der Waals surface area contributed by atoms with E-state index in [1.165, 1.54) is 6.20 Å². The number of anilines is 4. The van der Waals surface area contributed by atoms with Gasteiger partial charge in [0, 0.05) is 31.4 Å². The quantitative estimate of drug-likeness (QED) is 0.294. The summed E-state index contributed by atoms with van der Waals surface area (Å²) in [6.07, 6.45) is 2.87. The van der Waals surface area contributed by atoms with E-state index in [2.05, 4.69) is 36.1 Å². The molecule has 1 aromatic carbocycles. The van der Waals surface area contributed by atoms with Crippen LogP contribution in [0.4, 0.5) is 27.7 Å². The minimum atomic E-state index is -0.555. The Kier molecular flexibility index (Phi) is 6.48. The predicted octanol–water partition coefficient (Wildman–Crippen LogP) is 3.55. The van der Waals surface area contributed by atoms with Gasteiger partial charge < -0.3 is 20.9 Å². The van der Waals surface area contributed by atoms with Gasteiger partial charge in [0.2, 0.25) is 17.8 Å². The number of β-lactam (4-membered cyclic amide) rings is 1. The molecule has 2 fully saturated rings. The number of nitrogens with zero attached hydrogens (tertiary/aromatic N) is 4. The zero-order chi connectivity index (χ0) is 25.4. The van der Waals surface area contributed by atoms with Crippen molar-refractivity contribution in [2.45, 2.75) is 32.6 Å². The van der Waals surface area contributed by atoms with E-state index in [1.54, 1.807) is 23.1 Å². The van der Waals surface area contributed by atoms with E-state index in [0.29, 0.717) is 36.3 Å². The molecule has 4 heterocycles. The van der Waals surface area contributed by atoms with Gasteiger partial charge in [-0.1, -0.05) is 11.6 Å². The van der Waals surface area contributed by atoms with Gasteiger partial charge in [-0.25, -0.2) is 9.37 Å². The Morgan fingerprint density at radius 3 is 2.61 bits per heavy atom. The van der Waals surface area contributed by atoms with E-state index in [9.17, 15) is 9.59 Å². The number of carbonyl (C=O) groups excluding carboxylic acids is 2. The zero-order valence-corrected chi connectivity index (χ0v) is 20.6. The van der Waals surface area contributed by atoms with Crippen molar-refractivity contribution in [2.75, 3.05) is 30.3 Å². The molecule has 2 amide bonds. The van der Waals surface area contributed by atoms with Gasteiger partial charge in [-0.05, 0) is 55.9 Å². The highest BCUT2D eigenvalue weighted by molar-refractivity contribution is 6.32. The standard InChI is InChI=1S/C24H26ClFN8O2/c1-12-7-19(29-24-28-11-17(25)21(31-24)30-20-8-13(2)32-33-20)18(26)9-15(12)14-3-5-34(6-4-14)23(36)16-10-27-22(16)35/h7-9,11,14,16H,3-6,10H2,1-2H3,(H,27,35)(H3,28,29,30,31,32,33). The lowest BCUT2D eigenvalue weighted by atomic mass is 9.86. The molecule has 2 aliphatic heterocycles. The van der Waals surface area contributed by atoms with Crippen LogP contribution in [-0.4, -0.2) is 56.5 Å². The number of hydrogen-bond donors (Lipinski definition) is 4. The highest BCUT2D eigenvalue weighted by Gasteiger charge is 2.38. The average molecular weight is 513 g/mol. The van der Waals surface area contributed by atoms with Crippen LogP contribution in [0.5, 0.6) is 0 Å². The molecule has 4 N–H and O–H groups in total. The molecule has 12 heteroatoms. The number of amides is 2. The first-order valence-corrected chi connectivity index (χ1v) is 12.1. The third-order valence-electron chi connectivity index (χ3n) is 6.64. The summed E-state index contributed by atoms with van der Waals surface area (Å²) >= 11 is 6.21. The lowest BCUT2D eigenvalue weighted by Crippen LogP contribution is -2.57. The first kappa shape index (κ1) is 24.0. The third-order valence-corrected chi connectivity index (χ3v) is 6.92. The van der Waals surface area contributed by atoms with Crippen molar-refractivity contribution < 1.29 is 14.0 Å². The minimum absolute atomic E-state index is 0.112. The number of halogens is 2. The molecule has 0 aliphatic carbocycles. The topological polar surface area (TPSA) is 128 Å². The molecule has 2 saturated heterocycles. The van der Waals surface area contributed by atoms with E-state index in [4.69, 9.17) is 11.6 Å². The number of benzene rings is 1.